The summed E-state index contributed by atoms with van der Waals surface area (Å²) in [6.07, 6.45) is 2.51. The number of carbonyl (C=O) groups is 2. The average Bonchev–Trinajstić information content (AvgIpc) is 3.32. The van der Waals surface area contributed by atoms with Crippen LogP contribution in [-0.2, 0) is 4.79 Å². The lowest BCUT2D eigenvalue weighted by Gasteiger charge is -2.31. The Kier molecular flexibility index (Phi) is 5.57. The third-order valence-electron chi connectivity index (χ3n) is 4.85. The maximum atomic E-state index is 12.6. The number of hydrogen-bond acceptors (Lipinski definition) is 5. The van der Waals surface area contributed by atoms with Gasteiger partial charge in [0.15, 0.2) is 5.78 Å². The lowest BCUT2D eigenvalue weighted by atomic mass is 9.98. The zero-order chi connectivity index (χ0) is 18.8. The van der Waals surface area contributed by atoms with Crippen molar-refractivity contribution in [3.8, 4) is 0 Å². The number of Topliss-reactive ketones (excluding diaryl/α,β-unsaturated/α-hetero) is 1. The molecule has 0 N–H and O–H groups in total. The van der Waals surface area contributed by atoms with Gasteiger partial charge in [-0.15, -0.1) is 22.7 Å². The van der Waals surface area contributed by atoms with E-state index in [2.05, 4.69) is 6.07 Å². The van der Waals surface area contributed by atoms with Gasteiger partial charge in [0.2, 0.25) is 5.91 Å². The number of likely N-dealkylation sites (tertiary alicyclic amines) is 1. The van der Waals surface area contributed by atoms with Gasteiger partial charge in [-0.05, 0) is 37.1 Å². The number of carbonyl (C=O) groups excluding carboxylic acids is 2. The summed E-state index contributed by atoms with van der Waals surface area (Å²) >= 11 is 8.87. The maximum absolute atomic E-state index is 12.6. The average molecular weight is 419 g/mol. The van der Waals surface area contributed by atoms with E-state index in [-0.39, 0.29) is 30.4 Å². The molecule has 4 rings (SSSR count). The molecule has 4 nitrogen and oxygen atoms in total. The van der Waals surface area contributed by atoms with Crippen LogP contribution in [0.5, 0.6) is 0 Å². The molecule has 1 aliphatic rings. The summed E-state index contributed by atoms with van der Waals surface area (Å²) in [5.41, 5.74) is 1.03. The largest absolute Gasteiger partial charge is 0.342 e. The molecule has 1 fully saturated rings. The Balaban J connectivity index is 1.37. The molecule has 0 aliphatic carbocycles. The van der Waals surface area contributed by atoms with Gasteiger partial charge in [0.05, 0.1) is 24.4 Å². The first kappa shape index (κ1) is 18.6. The first-order valence-electron chi connectivity index (χ1n) is 9.02. The normalized spacial score (nSPS) is 17.4. The van der Waals surface area contributed by atoms with Gasteiger partial charge in [-0.2, -0.15) is 0 Å². The van der Waals surface area contributed by atoms with E-state index in [0.29, 0.717) is 15.8 Å². The molecule has 0 bridgehead atoms. The number of nitrogens with zero attached hydrogens (tertiary/aromatic N) is 2. The van der Waals surface area contributed by atoms with Crippen molar-refractivity contribution in [3.05, 3.63) is 50.6 Å². The minimum atomic E-state index is -0.0139. The number of piperidine rings is 1. The van der Waals surface area contributed by atoms with Crippen molar-refractivity contribution < 1.29 is 9.59 Å². The minimum Gasteiger partial charge on any atom is -0.342 e. The molecule has 0 spiro atoms. The van der Waals surface area contributed by atoms with Gasteiger partial charge in [0.25, 0.3) is 0 Å². The number of fused-ring (bicyclic) bond motifs is 1. The quantitative estimate of drug-likeness (QED) is 0.522. The van der Waals surface area contributed by atoms with Crippen LogP contribution >= 0.6 is 34.3 Å². The Morgan fingerprint density at radius 1 is 1.15 bits per heavy atom. The fourth-order valence-corrected chi connectivity index (χ4v) is 5.54. The number of para-hydroxylation sites is 1. The lowest BCUT2D eigenvalue weighted by molar-refractivity contribution is -0.132. The molecule has 1 aliphatic heterocycles. The number of halogens is 1. The van der Waals surface area contributed by atoms with E-state index in [9.17, 15) is 9.59 Å². The molecule has 1 aromatic carbocycles. The van der Waals surface area contributed by atoms with E-state index in [4.69, 9.17) is 16.6 Å². The van der Waals surface area contributed by atoms with Crippen molar-refractivity contribution in [3.63, 3.8) is 0 Å². The highest BCUT2D eigenvalue weighted by Crippen LogP contribution is 2.33. The van der Waals surface area contributed by atoms with Gasteiger partial charge in [-0.25, -0.2) is 4.98 Å². The molecule has 1 amide bonds. The summed E-state index contributed by atoms with van der Waals surface area (Å²) in [5, 5.41) is 1.11. The molecular weight excluding hydrogens is 400 g/mol. The summed E-state index contributed by atoms with van der Waals surface area (Å²) in [7, 11) is 0. The highest BCUT2D eigenvalue weighted by molar-refractivity contribution is 7.18. The van der Waals surface area contributed by atoms with Crippen LogP contribution in [0.2, 0.25) is 4.34 Å². The molecule has 0 radical (unpaired) electrons. The Morgan fingerprint density at radius 2 is 2.00 bits per heavy atom. The summed E-state index contributed by atoms with van der Waals surface area (Å²) in [6, 6.07) is 11.6. The van der Waals surface area contributed by atoms with Gasteiger partial charge < -0.3 is 4.90 Å². The van der Waals surface area contributed by atoms with Crippen molar-refractivity contribution in [2.75, 3.05) is 13.1 Å². The summed E-state index contributed by atoms with van der Waals surface area (Å²) in [5.74, 6) is 0.323. The smallest absolute Gasteiger partial charge is 0.223 e. The van der Waals surface area contributed by atoms with Crippen molar-refractivity contribution in [1.82, 2.24) is 9.88 Å². The van der Waals surface area contributed by atoms with Crippen LogP contribution in [0.3, 0.4) is 0 Å². The molecule has 0 saturated carbocycles. The van der Waals surface area contributed by atoms with Crippen molar-refractivity contribution in [2.45, 2.75) is 31.6 Å². The van der Waals surface area contributed by atoms with Crippen LogP contribution in [0.15, 0.2) is 36.4 Å². The third-order valence-corrected chi connectivity index (χ3v) is 7.32. The summed E-state index contributed by atoms with van der Waals surface area (Å²) < 4.78 is 1.79. The van der Waals surface area contributed by atoms with E-state index in [1.165, 1.54) is 16.0 Å². The van der Waals surface area contributed by atoms with Gasteiger partial charge in [0.1, 0.15) is 0 Å². The van der Waals surface area contributed by atoms with E-state index >= 15 is 0 Å². The van der Waals surface area contributed by atoms with E-state index < -0.39 is 0 Å². The monoisotopic (exact) mass is 418 g/mol. The molecule has 27 heavy (non-hydrogen) atoms. The Morgan fingerprint density at radius 3 is 2.78 bits per heavy atom. The molecule has 3 aromatic rings. The molecule has 7 heteroatoms. The highest BCUT2D eigenvalue weighted by atomic mass is 35.5. The SMILES string of the molecule is O=C(CCC(=O)N1CCC[C@H](c2nc3ccccc3s2)C1)c1ccc(Cl)s1. The van der Waals surface area contributed by atoms with Crippen LogP contribution in [-0.4, -0.2) is 34.7 Å². The zero-order valence-corrected chi connectivity index (χ0v) is 17.1. The Labute approximate surface area is 170 Å². The van der Waals surface area contributed by atoms with Gasteiger partial charge >= 0.3 is 0 Å². The maximum Gasteiger partial charge on any atom is 0.223 e. The molecule has 1 saturated heterocycles. The van der Waals surface area contributed by atoms with Crippen LogP contribution in [0, 0.1) is 0 Å². The van der Waals surface area contributed by atoms with Crippen LogP contribution in [0.1, 0.15) is 46.3 Å². The number of benzene rings is 1. The van der Waals surface area contributed by atoms with Crippen LogP contribution in [0.25, 0.3) is 10.2 Å². The third kappa shape index (κ3) is 4.23. The predicted octanol–water partition coefficient (Wildman–Crippen LogP) is 5.38. The predicted molar refractivity (Wildman–Crippen MR) is 111 cm³/mol. The lowest BCUT2D eigenvalue weighted by Crippen LogP contribution is -2.39. The number of rotatable bonds is 5. The Bertz CT molecular complexity index is 948. The highest BCUT2D eigenvalue weighted by Gasteiger charge is 2.27. The van der Waals surface area contributed by atoms with Crippen LogP contribution in [0.4, 0.5) is 0 Å². The van der Waals surface area contributed by atoms with E-state index in [0.717, 1.165) is 29.9 Å². The minimum absolute atomic E-state index is 0.0139. The molecule has 2 aromatic heterocycles. The van der Waals surface area contributed by atoms with Crippen LogP contribution < -0.4 is 0 Å². The topological polar surface area (TPSA) is 50.3 Å². The molecule has 1 atom stereocenters. The van der Waals surface area contributed by atoms with Gasteiger partial charge in [-0.1, -0.05) is 23.7 Å². The number of aromatic nitrogens is 1. The standard InChI is InChI=1S/C20H19ClN2O2S2/c21-18-9-8-17(26-18)15(24)7-10-19(25)23-11-3-4-13(12-23)20-22-14-5-1-2-6-16(14)27-20/h1-2,5-6,8-9,13H,3-4,7,10-12H2/t13-/m0/s1. The first-order chi connectivity index (χ1) is 13.1. The number of ketones is 1. The fraction of sp³-hybridized carbons (Fsp3) is 0.350. The number of amides is 1. The number of thiazole rings is 1. The second-order valence-electron chi connectivity index (χ2n) is 6.73. The number of thiophene rings is 1. The summed E-state index contributed by atoms with van der Waals surface area (Å²) in [4.78, 5) is 32.1. The summed E-state index contributed by atoms with van der Waals surface area (Å²) in [6.45, 7) is 1.46. The second-order valence-corrected chi connectivity index (χ2v) is 9.50. The molecule has 3 heterocycles. The van der Waals surface area contributed by atoms with E-state index in [1.54, 1.807) is 23.5 Å². The van der Waals surface area contributed by atoms with Crippen molar-refractivity contribution in [2.24, 2.45) is 0 Å². The first-order valence-corrected chi connectivity index (χ1v) is 11.0. The molecular formula is C20H19ClN2O2S2. The van der Waals surface area contributed by atoms with Gasteiger partial charge in [-0.3, -0.25) is 9.59 Å². The number of hydrogen-bond donors (Lipinski definition) is 0. The van der Waals surface area contributed by atoms with Crippen molar-refractivity contribution in [1.29, 1.82) is 0 Å². The van der Waals surface area contributed by atoms with Crippen molar-refractivity contribution >= 4 is 56.2 Å². The Hall–Kier alpha value is -1.76. The molecule has 0 unspecified atom stereocenters. The molecule has 140 valence electrons. The van der Waals surface area contributed by atoms with E-state index in [1.807, 2.05) is 23.1 Å². The fourth-order valence-electron chi connectivity index (χ4n) is 3.44. The second kappa shape index (κ2) is 8.09. The zero-order valence-electron chi connectivity index (χ0n) is 14.7. The van der Waals surface area contributed by atoms with Gasteiger partial charge in [0, 0.05) is 31.8 Å².